The minimum atomic E-state index is -0.996. The van der Waals surface area contributed by atoms with Crippen LogP contribution >= 0.6 is 0 Å². The fourth-order valence-electron chi connectivity index (χ4n) is 3.30. The maximum absolute atomic E-state index is 10.6. The van der Waals surface area contributed by atoms with E-state index >= 15 is 0 Å². The van der Waals surface area contributed by atoms with Gasteiger partial charge in [0.1, 0.15) is 11.4 Å². The molecule has 0 saturated heterocycles. The Hall–Kier alpha value is -2.65. The van der Waals surface area contributed by atoms with Crippen LogP contribution in [0.1, 0.15) is 25.2 Å². The van der Waals surface area contributed by atoms with Gasteiger partial charge in [0, 0.05) is 0 Å². The first-order chi connectivity index (χ1) is 11.5. The number of para-hydroxylation sites is 2. The summed E-state index contributed by atoms with van der Waals surface area (Å²) in [6.45, 7) is 4.25. The van der Waals surface area contributed by atoms with Gasteiger partial charge in [-0.1, -0.05) is 54.6 Å². The minimum Gasteiger partial charge on any atom is -0.383 e. The summed E-state index contributed by atoms with van der Waals surface area (Å²) < 4.78 is 2.12. The summed E-state index contributed by atoms with van der Waals surface area (Å²) in [6.07, 6.45) is 0. The molecule has 4 rings (SSSR count). The van der Waals surface area contributed by atoms with Gasteiger partial charge in [-0.2, -0.15) is 0 Å². The summed E-state index contributed by atoms with van der Waals surface area (Å²) in [7, 11) is 0. The smallest absolute Gasteiger partial charge is 0.141 e. The molecule has 120 valence electrons. The van der Waals surface area contributed by atoms with Crippen molar-refractivity contribution >= 4 is 21.8 Å². The fourth-order valence-corrected chi connectivity index (χ4v) is 3.30. The Bertz CT molecular complexity index is 1020. The lowest BCUT2D eigenvalue weighted by molar-refractivity contribution is 0.0657. The van der Waals surface area contributed by atoms with Gasteiger partial charge in [0.25, 0.3) is 0 Å². The molecule has 0 radical (unpaired) electrons. The van der Waals surface area contributed by atoms with E-state index in [1.54, 1.807) is 13.8 Å². The Morgan fingerprint density at radius 3 is 2.46 bits per heavy atom. The van der Waals surface area contributed by atoms with E-state index in [-0.39, 0.29) is 0 Å². The van der Waals surface area contributed by atoms with Crippen LogP contribution in [0.2, 0.25) is 0 Å². The number of fused-ring (bicyclic) bond motifs is 2. The first kappa shape index (κ1) is 14.9. The second kappa shape index (κ2) is 5.46. The quantitative estimate of drug-likeness (QED) is 0.606. The van der Waals surface area contributed by atoms with Crippen LogP contribution in [0.4, 0.5) is 0 Å². The summed E-state index contributed by atoms with van der Waals surface area (Å²) in [5.41, 5.74) is 2.18. The van der Waals surface area contributed by atoms with E-state index in [9.17, 15) is 5.11 Å². The zero-order valence-electron chi connectivity index (χ0n) is 13.9. The summed E-state index contributed by atoms with van der Waals surface area (Å²) in [6, 6.07) is 22.8. The van der Waals surface area contributed by atoms with Gasteiger partial charge in [-0.25, -0.2) is 4.98 Å². The molecule has 1 N–H and O–H groups in total. The van der Waals surface area contributed by atoms with Crippen LogP contribution in [0.3, 0.4) is 0 Å². The third-order valence-corrected chi connectivity index (χ3v) is 4.41. The van der Waals surface area contributed by atoms with Crippen LogP contribution in [0.25, 0.3) is 21.8 Å². The van der Waals surface area contributed by atoms with Crippen LogP contribution in [0.5, 0.6) is 0 Å². The van der Waals surface area contributed by atoms with Gasteiger partial charge >= 0.3 is 0 Å². The van der Waals surface area contributed by atoms with E-state index in [0.717, 1.165) is 11.0 Å². The molecule has 0 aliphatic carbocycles. The molecule has 0 bridgehead atoms. The molecule has 0 fully saturated rings. The highest BCUT2D eigenvalue weighted by molar-refractivity contribution is 5.86. The SMILES string of the molecule is CC(C)(O)c1nc2ccccc2n1Cc1cccc2ccccc12. The van der Waals surface area contributed by atoms with Crippen LogP contribution < -0.4 is 0 Å². The van der Waals surface area contributed by atoms with Crippen molar-refractivity contribution in [1.29, 1.82) is 0 Å². The van der Waals surface area contributed by atoms with Crippen molar-refractivity contribution in [3.8, 4) is 0 Å². The maximum atomic E-state index is 10.6. The largest absolute Gasteiger partial charge is 0.383 e. The number of benzene rings is 3. The van der Waals surface area contributed by atoms with E-state index < -0.39 is 5.60 Å². The summed E-state index contributed by atoms with van der Waals surface area (Å²) in [5.74, 6) is 0.691. The zero-order valence-corrected chi connectivity index (χ0v) is 13.9. The first-order valence-corrected chi connectivity index (χ1v) is 8.19. The summed E-state index contributed by atoms with van der Waals surface area (Å²) in [4.78, 5) is 4.67. The molecule has 1 heterocycles. The number of hydrogen-bond acceptors (Lipinski definition) is 2. The average Bonchev–Trinajstić information content (AvgIpc) is 2.94. The molecule has 3 nitrogen and oxygen atoms in total. The Balaban J connectivity index is 1.93. The predicted octanol–water partition coefficient (Wildman–Crippen LogP) is 4.47. The topological polar surface area (TPSA) is 38.1 Å². The molecule has 0 aliphatic heterocycles. The lowest BCUT2D eigenvalue weighted by Crippen LogP contribution is -2.22. The molecule has 3 heteroatoms. The first-order valence-electron chi connectivity index (χ1n) is 8.19. The lowest BCUT2D eigenvalue weighted by atomic mass is 10.0. The third-order valence-electron chi connectivity index (χ3n) is 4.41. The van der Waals surface area contributed by atoms with Gasteiger partial charge in [-0.3, -0.25) is 0 Å². The minimum absolute atomic E-state index is 0.682. The number of rotatable bonds is 3. The molecule has 24 heavy (non-hydrogen) atoms. The number of hydrogen-bond donors (Lipinski definition) is 1. The molecule has 1 aromatic heterocycles. The maximum Gasteiger partial charge on any atom is 0.141 e. The number of nitrogens with zero attached hydrogens (tertiary/aromatic N) is 2. The normalized spacial score (nSPS) is 12.1. The number of aromatic nitrogens is 2. The lowest BCUT2D eigenvalue weighted by Gasteiger charge is -2.19. The highest BCUT2D eigenvalue weighted by atomic mass is 16.3. The van der Waals surface area contributed by atoms with Crippen molar-refractivity contribution < 1.29 is 5.11 Å². The number of imidazole rings is 1. The molecule has 0 atom stereocenters. The van der Waals surface area contributed by atoms with Crippen molar-refractivity contribution in [2.45, 2.75) is 26.0 Å². The monoisotopic (exact) mass is 316 g/mol. The van der Waals surface area contributed by atoms with Gasteiger partial charge in [0.15, 0.2) is 0 Å². The molecule has 0 amide bonds. The molecular formula is C21H20N2O. The van der Waals surface area contributed by atoms with Gasteiger partial charge in [-0.05, 0) is 42.3 Å². The molecular weight excluding hydrogens is 296 g/mol. The third kappa shape index (κ3) is 2.47. The van der Waals surface area contributed by atoms with Crippen LogP contribution in [-0.4, -0.2) is 14.7 Å². The van der Waals surface area contributed by atoms with E-state index in [2.05, 4.69) is 58.1 Å². The van der Waals surface area contributed by atoms with E-state index in [0.29, 0.717) is 12.4 Å². The average molecular weight is 316 g/mol. The van der Waals surface area contributed by atoms with Crippen LogP contribution in [0, 0.1) is 0 Å². The summed E-state index contributed by atoms with van der Waals surface area (Å²) in [5, 5.41) is 13.0. The molecule has 0 spiro atoms. The molecule has 4 aromatic rings. The Morgan fingerprint density at radius 2 is 1.62 bits per heavy atom. The Labute approximate surface area is 141 Å². The zero-order chi connectivity index (χ0) is 16.7. The van der Waals surface area contributed by atoms with E-state index in [1.165, 1.54) is 16.3 Å². The summed E-state index contributed by atoms with van der Waals surface area (Å²) >= 11 is 0. The number of aliphatic hydroxyl groups is 1. The van der Waals surface area contributed by atoms with Gasteiger partial charge in [0.2, 0.25) is 0 Å². The second-order valence-corrected chi connectivity index (χ2v) is 6.71. The van der Waals surface area contributed by atoms with Crippen molar-refractivity contribution in [1.82, 2.24) is 9.55 Å². The molecule has 0 aliphatic rings. The van der Waals surface area contributed by atoms with Crippen molar-refractivity contribution in [2.75, 3.05) is 0 Å². The second-order valence-electron chi connectivity index (χ2n) is 6.71. The Kier molecular flexibility index (Phi) is 3.39. The van der Waals surface area contributed by atoms with Gasteiger partial charge in [0.05, 0.1) is 17.6 Å². The molecule has 0 saturated carbocycles. The standard InChI is InChI=1S/C21H20N2O/c1-21(2,24)20-22-18-12-5-6-13-19(18)23(20)14-16-10-7-9-15-8-3-4-11-17(15)16/h3-13,24H,14H2,1-2H3. The van der Waals surface area contributed by atoms with E-state index in [4.69, 9.17) is 0 Å². The highest BCUT2D eigenvalue weighted by Gasteiger charge is 2.25. The Morgan fingerprint density at radius 1 is 0.917 bits per heavy atom. The van der Waals surface area contributed by atoms with Crippen molar-refractivity contribution in [2.24, 2.45) is 0 Å². The van der Waals surface area contributed by atoms with E-state index in [1.807, 2.05) is 18.2 Å². The van der Waals surface area contributed by atoms with Crippen LogP contribution in [-0.2, 0) is 12.1 Å². The van der Waals surface area contributed by atoms with Crippen LogP contribution in [0.15, 0.2) is 66.7 Å². The molecule has 0 unspecified atom stereocenters. The van der Waals surface area contributed by atoms with Gasteiger partial charge in [-0.15, -0.1) is 0 Å². The van der Waals surface area contributed by atoms with Gasteiger partial charge < -0.3 is 9.67 Å². The van der Waals surface area contributed by atoms with Crippen molar-refractivity contribution in [3.63, 3.8) is 0 Å². The highest BCUT2D eigenvalue weighted by Crippen LogP contribution is 2.27. The fraction of sp³-hybridized carbons (Fsp3) is 0.190. The van der Waals surface area contributed by atoms with Crippen molar-refractivity contribution in [3.05, 3.63) is 78.1 Å². The molecule has 3 aromatic carbocycles. The predicted molar refractivity (Wildman–Crippen MR) is 98.0 cm³/mol.